The Labute approximate surface area is 131 Å². The molecule has 118 valence electrons. The lowest BCUT2D eigenvalue weighted by atomic mass is 10.1. The Morgan fingerprint density at radius 2 is 2.10 bits per heavy atom. The number of benzene rings is 1. The predicted octanol–water partition coefficient (Wildman–Crippen LogP) is 3.90. The third-order valence-corrected chi connectivity index (χ3v) is 3.32. The van der Waals surface area contributed by atoms with Crippen LogP contribution in [-0.2, 0) is 9.53 Å². The van der Waals surface area contributed by atoms with Crippen molar-refractivity contribution in [1.29, 1.82) is 0 Å². The van der Waals surface area contributed by atoms with Gasteiger partial charge in [0.2, 0.25) is 0 Å². The number of unbranched alkanes of at least 4 members (excludes halogenated alkanes) is 2. The summed E-state index contributed by atoms with van der Waals surface area (Å²) in [4.78, 5) is 11.1. The third-order valence-electron chi connectivity index (χ3n) is 3.03. The normalized spacial score (nSPS) is 12.0. The Hall–Kier alpha value is -1.26. The van der Waals surface area contributed by atoms with Gasteiger partial charge in [-0.3, -0.25) is 4.79 Å². The van der Waals surface area contributed by atoms with Crippen LogP contribution in [0.2, 0.25) is 5.02 Å². The Balaban J connectivity index is 2.22. The van der Waals surface area contributed by atoms with Crippen molar-refractivity contribution >= 4 is 17.6 Å². The van der Waals surface area contributed by atoms with Crippen molar-refractivity contribution in [3.63, 3.8) is 0 Å². The van der Waals surface area contributed by atoms with E-state index in [-0.39, 0.29) is 5.97 Å². The molecule has 1 aromatic carbocycles. The Morgan fingerprint density at radius 1 is 1.33 bits per heavy atom. The minimum Gasteiger partial charge on any atom is -0.492 e. The molecule has 0 radical (unpaired) electrons. The molecule has 0 aliphatic rings. The van der Waals surface area contributed by atoms with Crippen LogP contribution in [0, 0.1) is 0 Å². The number of ether oxygens (including phenoxy) is 2. The van der Waals surface area contributed by atoms with Crippen LogP contribution in [-0.4, -0.2) is 24.3 Å². The number of halogens is 1. The van der Waals surface area contributed by atoms with E-state index in [1.54, 1.807) is 32.0 Å². The average Bonchev–Trinajstić information content (AvgIpc) is 2.44. The molecule has 0 aliphatic carbocycles. The SMILES string of the molecule is CCOC(=O)CCCCCOc1ccc([C@@H](C)O)cc1Cl. The smallest absolute Gasteiger partial charge is 0.305 e. The maximum absolute atomic E-state index is 11.1. The molecule has 0 bridgehead atoms. The molecule has 5 heteroatoms. The number of aliphatic hydroxyl groups excluding tert-OH is 1. The minimum atomic E-state index is -0.542. The lowest BCUT2D eigenvalue weighted by molar-refractivity contribution is -0.143. The Bertz CT molecular complexity index is 446. The lowest BCUT2D eigenvalue weighted by Crippen LogP contribution is -2.04. The highest BCUT2D eigenvalue weighted by Gasteiger charge is 2.06. The summed E-state index contributed by atoms with van der Waals surface area (Å²) < 4.78 is 10.5. The van der Waals surface area contributed by atoms with Crippen LogP contribution in [0.3, 0.4) is 0 Å². The number of esters is 1. The van der Waals surface area contributed by atoms with E-state index in [0.29, 0.717) is 30.4 Å². The van der Waals surface area contributed by atoms with Gasteiger partial charge in [0.05, 0.1) is 24.3 Å². The molecule has 1 N–H and O–H groups in total. The zero-order valence-electron chi connectivity index (χ0n) is 12.6. The second-order valence-corrected chi connectivity index (χ2v) is 5.24. The fraction of sp³-hybridized carbons (Fsp3) is 0.562. The summed E-state index contributed by atoms with van der Waals surface area (Å²) in [5.74, 6) is 0.474. The summed E-state index contributed by atoms with van der Waals surface area (Å²) in [6.45, 7) is 4.48. The molecular formula is C16H23ClO4. The van der Waals surface area contributed by atoms with Gasteiger partial charge in [0.25, 0.3) is 0 Å². The summed E-state index contributed by atoms with van der Waals surface area (Å²) >= 11 is 6.09. The molecule has 0 fully saturated rings. The van der Waals surface area contributed by atoms with E-state index in [9.17, 15) is 9.90 Å². The van der Waals surface area contributed by atoms with Gasteiger partial charge >= 0.3 is 5.97 Å². The molecule has 0 spiro atoms. The fourth-order valence-corrected chi connectivity index (χ4v) is 2.10. The summed E-state index contributed by atoms with van der Waals surface area (Å²) in [5, 5.41) is 9.96. The van der Waals surface area contributed by atoms with Crippen LogP contribution < -0.4 is 4.74 Å². The van der Waals surface area contributed by atoms with Crippen LogP contribution in [0.5, 0.6) is 5.75 Å². The van der Waals surface area contributed by atoms with E-state index in [1.807, 2.05) is 0 Å². The fourth-order valence-electron chi connectivity index (χ4n) is 1.86. The van der Waals surface area contributed by atoms with Gasteiger partial charge in [0, 0.05) is 6.42 Å². The Kier molecular flexibility index (Phi) is 8.16. The van der Waals surface area contributed by atoms with Crippen molar-refractivity contribution in [3.05, 3.63) is 28.8 Å². The minimum absolute atomic E-state index is 0.143. The van der Waals surface area contributed by atoms with Crippen molar-refractivity contribution in [2.45, 2.75) is 45.6 Å². The van der Waals surface area contributed by atoms with Gasteiger partial charge in [0.15, 0.2) is 0 Å². The second-order valence-electron chi connectivity index (χ2n) is 4.83. The van der Waals surface area contributed by atoms with Gasteiger partial charge < -0.3 is 14.6 Å². The lowest BCUT2D eigenvalue weighted by Gasteiger charge is -2.10. The first-order valence-corrected chi connectivity index (χ1v) is 7.68. The van der Waals surface area contributed by atoms with E-state index >= 15 is 0 Å². The molecule has 1 atom stereocenters. The van der Waals surface area contributed by atoms with Crippen LogP contribution >= 0.6 is 11.6 Å². The Morgan fingerprint density at radius 3 is 2.71 bits per heavy atom. The van der Waals surface area contributed by atoms with Crippen molar-refractivity contribution in [1.82, 2.24) is 0 Å². The van der Waals surface area contributed by atoms with Crippen LogP contribution in [0.4, 0.5) is 0 Å². The first-order chi connectivity index (χ1) is 10.0. The summed E-state index contributed by atoms with van der Waals surface area (Å²) in [6, 6.07) is 5.28. The largest absolute Gasteiger partial charge is 0.492 e. The summed E-state index contributed by atoms with van der Waals surface area (Å²) in [7, 11) is 0. The van der Waals surface area contributed by atoms with E-state index < -0.39 is 6.10 Å². The quantitative estimate of drug-likeness (QED) is 0.555. The number of carbonyl (C=O) groups excluding carboxylic acids is 1. The molecule has 4 nitrogen and oxygen atoms in total. The molecule has 21 heavy (non-hydrogen) atoms. The van der Waals surface area contributed by atoms with Gasteiger partial charge in [-0.15, -0.1) is 0 Å². The molecule has 1 aromatic rings. The number of aliphatic hydroxyl groups is 1. The second kappa shape index (κ2) is 9.64. The maximum Gasteiger partial charge on any atom is 0.305 e. The molecule has 0 unspecified atom stereocenters. The molecule has 0 amide bonds. The van der Waals surface area contributed by atoms with Gasteiger partial charge in [-0.2, -0.15) is 0 Å². The van der Waals surface area contributed by atoms with E-state index in [0.717, 1.165) is 24.8 Å². The zero-order chi connectivity index (χ0) is 15.7. The molecular weight excluding hydrogens is 292 g/mol. The first-order valence-electron chi connectivity index (χ1n) is 7.30. The number of carbonyl (C=O) groups is 1. The van der Waals surface area contributed by atoms with Crippen LogP contribution in [0.1, 0.15) is 51.2 Å². The highest BCUT2D eigenvalue weighted by Crippen LogP contribution is 2.28. The van der Waals surface area contributed by atoms with E-state index in [4.69, 9.17) is 21.1 Å². The average molecular weight is 315 g/mol. The van der Waals surface area contributed by atoms with E-state index in [1.165, 1.54) is 0 Å². The van der Waals surface area contributed by atoms with Gasteiger partial charge in [-0.25, -0.2) is 0 Å². The first kappa shape index (κ1) is 17.8. The molecule has 0 saturated carbocycles. The topological polar surface area (TPSA) is 55.8 Å². The standard InChI is InChI=1S/C16H23ClO4/c1-3-20-16(19)7-5-4-6-10-21-15-9-8-13(12(2)18)11-14(15)17/h8-9,11-12,18H,3-7,10H2,1-2H3/t12-/m1/s1. The molecule has 1 rings (SSSR count). The van der Waals surface area contributed by atoms with Gasteiger partial charge in [-0.1, -0.05) is 17.7 Å². The zero-order valence-corrected chi connectivity index (χ0v) is 13.4. The number of hydrogen-bond donors (Lipinski definition) is 1. The van der Waals surface area contributed by atoms with Crippen molar-refractivity contribution in [2.75, 3.05) is 13.2 Å². The predicted molar refractivity (Wildman–Crippen MR) is 82.7 cm³/mol. The maximum atomic E-state index is 11.1. The molecule has 0 saturated heterocycles. The molecule has 0 heterocycles. The van der Waals surface area contributed by atoms with Crippen molar-refractivity contribution in [3.8, 4) is 5.75 Å². The van der Waals surface area contributed by atoms with Crippen LogP contribution in [0.25, 0.3) is 0 Å². The van der Waals surface area contributed by atoms with Gasteiger partial charge in [-0.05, 0) is 50.8 Å². The highest BCUT2D eigenvalue weighted by atomic mass is 35.5. The summed E-state index contributed by atoms with van der Waals surface area (Å²) in [6.07, 6.45) is 2.48. The number of rotatable bonds is 9. The monoisotopic (exact) mass is 314 g/mol. The van der Waals surface area contributed by atoms with Crippen LogP contribution in [0.15, 0.2) is 18.2 Å². The van der Waals surface area contributed by atoms with Crippen molar-refractivity contribution < 1.29 is 19.4 Å². The van der Waals surface area contributed by atoms with E-state index in [2.05, 4.69) is 0 Å². The van der Waals surface area contributed by atoms with Crippen molar-refractivity contribution in [2.24, 2.45) is 0 Å². The number of hydrogen-bond acceptors (Lipinski definition) is 4. The third kappa shape index (κ3) is 6.82. The molecule has 0 aromatic heterocycles. The summed E-state index contributed by atoms with van der Waals surface area (Å²) in [5.41, 5.74) is 0.766. The molecule has 0 aliphatic heterocycles. The highest BCUT2D eigenvalue weighted by molar-refractivity contribution is 6.32. The van der Waals surface area contributed by atoms with Gasteiger partial charge in [0.1, 0.15) is 5.75 Å².